The van der Waals surface area contributed by atoms with Gasteiger partial charge < -0.3 is 9.84 Å². The number of amides is 2. The molecule has 1 aromatic rings. The van der Waals surface area contributed by atoms with Gasteiger partial charge in [-0.25, -0.2) is 4.90 Å². The smallest absolute Gasteiger partial charge is 0.392 e. The molecule has 0 radical (unpaired) electrons. The van der Waals surface area contributed by atoms with Crippen molar-refractivity contribution in [1.29, 1.82) is 0 Å². The third-order valence-electron chi connectivity index (χ3n) is 5.28. The first-order valence-corrected chi connectivity index (χ1v) is 7.73. The van der Waals surface area contributed by atoms with E-state index in [1.54, 1.807) is 13.0 Å². The zero-order chi connectivity index (χ0) is 18.1. The molecule has 4 rings (SSSR count). The van der Waals surface area contributed by atoms with Crippen LogP contribution in [0.15, 0.2) is 35.9 Å². The fraction of sp³-hybridized carbons (Fsp3) is 0.412. The number of carbonyl (C=O) groups excluding carboxylic acids is 2. The first-order chi connectivity index (χ1) is 11.7. The molecule has 5 nitrogen and oxygen atoms in total. The van der Waals surface area contributed by atoms with Gasteiger partial charge in [0.05, 0.1) is 35.8 Å². The highest BCUT2D eigenvalue weighted by Gasteiger charge is 2.68. The minimum absolute atomic E-state index is 0.104. The second-order valence-corrected chi connectivity index (χ2v) is 6.60. The van der Waals surface area contributed by atoms with E-state index in [-0.39, 0.29) is 12.3 Å². The van der Waals surface area contributed by atoms with E-state index in [0.717, 1.165) is 23.1 Å². The summed E-state index contributed by atoms with van der Waals surface area (Å²) in [5, 5.41) is 9.45. The van der Waals surface area contributed by atoms with Crippen LogP contribution in [-0.4, -0.2) is 35.2 Å². The number of imide groups is 1. The van der Waals surface area contributed by atoms with E-state index in [1.165, 1.54) is 6.07 Å². The van der Waals surface area contributed by atoms with Crippen molar-refractivity contribution < 1.29 is 32.6 Å². The number of carbonyl (C=O) groups is 2. The van der Waals surface area contributed by atoms with Crippen LogP contribution in [0.25, 0.3) is 0 Å². The average Bonchev–Trinajstić information content (AvgIpc) is 3.12. The highest BCUT2D eigenvalue weighted by atomic mass is 19.4. The van der Waals surface area contributed by atoms with Crippen LogP contribution in [-0.2, 0) is 20.5 Å². The normalized spacial score (nSPS) is 33.9. The molecule has 0 aliphatic carbocycles. The van der Waals surface area contributed by atoms with E-state index in [1.807, 2.05) is 0 Å². The summed E-state index contributed by atoms with van der Waals surface area (Å²) in [6.45, 7) is 1.32. The second kappa shape index (κ2) is 4.92. The number of fused-ring (bicyclic) bond motifs is 5. The van der Waals surface area contributed by atoms with Crippen molar-refractivity contribution in [2.45, 2.75) is 24.8 Å². The molecule has 0 aromatic heterocycles. The molecule has 1 aromatic carbocycles. The zero-order valence-electron chi connectivity index (χ0n) is 13.1. The Bertz CT molecular complexity index is 818. The maximum absolute atomic E-state index is 12.9. The third-order valence-corrected chi connectivity index (χ3v) is 5.28. The van der Waals surface area contributed by atoms with Crippen LogP contribution in [0.4, 0.5) is 18.9 Å². The quantitative estimate of drug-likeness (QED) is 0.651. The Morgan fingerprint density at radius 1 is 1.28 bits per heavy atom. The van der Waals surface area contributed by atoms with Crippen molar-refractivity contribution in [2.24, 2.45) is 11.8 Å². The van der Waals surface area contributed by atoms with Crippen LogP contribution < -0.4 is 4.90 Å². The van der Waals surface area contributed by atoms with Crippen molar-refractivity contribution in [2.75, 3.05) is 11.5 Å². The number of rotatable bonds is 2. The summed E-state index contributed by atoms with van der Waals surface area (Å²) in [5.74, 6) is -2.79. The molecular weight excluding hydrogens is 339 g/mol. The fourth-order valence-corrected chi connectivity index (χ4v) is 4.09. The Kier molecular flexibility index (Phi) is 3.21. The minimum Gasteiger partial charge on any atom is -0.392 e. The van der Waals surface area contributed by atoms with Crippen LogP contribution in [0.2, 0.25) is 0 Å². The van der Waals surface area contributed by atoms with Crippen molar-refractivity contribution in [1.82, 2.24) is 0 Å². The standard InChI is InChI=1S/C17H14F3NO4/c1-16-9(7-22)6-11(25-16)12-13(16)15(24)21(14(12)23)10-4-2-3-8(5-10)17(18,19)20/h2-6,11-13,22H,7H2,1H3/t11-,12+,13-,16+/m1/s1. The number of aliphatic hydroxyl groups excluding tert-OH is 1. The number of hydrogen-bond acceptors (Lipinski definition) is 4. The van der Waals surface area contributed by atoms with Gasteiger partial charge in [-0.15, -0.1) is 0 Å². The molecule has 0 spiro atoms. The maximum Gasteiger partial charge on any atom is 0.416 e. The monoisotopic (exact) mass is 353 g/mol. The first-order valence-electron chi connectivity index (χ1n) is 7.73. The van der Waals surface area contributed by atoms with Gasteiger partial charge >= 0.3 is 6.18 Å². The maximum atomic E-state index is 12.9. The fourth-order valence-electron chi connectivity index (χ4n) is 4.09. The van der Waals surface area contributed by atoms with E-state index in [9.17, 15) is 27.9 Å². The highest BCUT2D eigenvalue weighted by Crippen LogP contribution is 2.55. The van der Waals surface area contributed by atoms with Gasteiger partial charge in [-0.1, -0.05) is 12.1 Å². The summed E-state index contributed by atoms with van der Waals surface area (Å²) < 4.78 is 44.5. The molecule has 4 atom stereocenters. The second-order valence-electron chi connectivity index (χ2n) is 6.60. The van der Waals surface area contributed by atoms with Crippen LogP contribution in [0.1, 0.15) is 12.5 Å². The predicted molar refractivity (Wildman–Crippen MR) is 79.4 cm³/mol. The first kappa shape index (κ1) is 16.3. The van der Waals surface area contributed by atoms with Crippen LogP contribution in [0.3, 0.4) is 0 Å². The number of aliphatic hydroxyl groups is 1. The molecule has 8 heteroatoms. The zero-order valence-corrected chi connectivity index (χ0v) is 13.1. The number of hydrogen-bond donors (Lipinski definition) is 1. The lowest BCUT2D eigenvalue weighted by molar-refractivity contribution is -0.137. The molecule has 0 saturated carbocycles. The molecular formula is C17H14F3NO4. The Morgan fingerprint density at radius 3 is 2.64 bits per heavy atom. The van der Waals surface area contributed by atoms with Gasteiger partial charge in [0.25, 0.3) is 0 Å². The van der Waals surface area contributed by atoms with E-state index < -0.39 is 47.1 Å². The van der Waals surface area contributed by atoms with Gasteiger partial charge in [0.1, 0.15) is 5.60 Å². The third kappa shape index (κ3) is 2.04. The van der Waals surface area contributed by atoms with Gasteiger partial charge in [0, 0.05) is 0 Å². The van der Waals surface area contributed by atoms with E-state index in [0.29, 0.717) is 5.57 Å². The van der Waals surface area contributed by atoms with Gasteiger partial charge in [0.2, 0.25) is 11.8 Å². The molecule has 2 fully saturated rings. The number of alkyl halides is 3. The number of ether oxygens (including phenoxy) is 1. The van der Waals surface area contributed by atoms with E-state index in [4.69, 9.17) is 4.74 Å². The van der Waals surface area contributed by atoms with Crippen molar-refractivity contribution in [3.05, 3.63) is 41.5 Å². The number of nitrogens with zero attached hydrogens (tertiary/aromatic N) is 1. The predicted octanol–water partition coefficient (Wildman–Crippen LogP) is 1.90. The number of benzene rings is 1. The lowest BCUT2D eigenvalue weighted by Crippen LogP contribution is -2.42. The molecule has 3 aliphatic rings. The summed E-state index contributed by atoms with van der Waals surface area (Å²) in [6.07, 6.45) is -3.59. The van der Waals surface area contributed by atoms with Gasteiger partial charge in [-0.05, 0) is 30.7 Å². The van der Waals surface area contributed by atoms with Crippen molar-refractivity contribution in [3.63, 3.8) is 0 Å². The summed E-state index contributed by atoms with van der Waals surface area (Å²) in [7, 11) is 0. The molecule has 132 valence electrons. The molecule has 25 heavy (non-hydrogen) atoms. The molecule has 2 amide bonds. The molecule has 2 bridgehead atoms. The molecule has 2 saturated heterocycles. The SMILES string of the molecule is C[C@]12O[C@H](C=C1CO)[C@@H]1C(=O)N(c3cccc(C(F)(F)F)c3)C(=O)[C@@H]12. The molecule has 0 unspecified atom stereocenters. The van der Waals surface area contributed by atoms with Crippen LogP contribution in [0.5, 0.6) is 0 Å². The summed E-state index contributed by atoms with van der Waals surface area (Å²) in [6, 6.07) is 4.14. The van der Waals surface area contributed by atoms with Gasteiger partial charge in [-0.2, -0.15) is 13.2 Å². The Labute approximate surface area is 140 Å². The number of halogens is 3. The van der Waals surface area contributed by atoms with Crippen LogP contribution in [0, 0.1) is 11.8 Å². The van der Waals surface area contributed by atoms with Crippen molar-refractivity contribution >= 4 is 17.5 Å². The number of anilines is 1. The summed E-state index contributed by atoms with van der Waals surface area (Å²) in [5.41, 5.74) is -1.62. The lowest BCUT2D eigenvalue weighted by Gasteiger charge is -2.29. The van der Waals surface area contributed by atoms with Crippen LogP contribution >= 0.6 is 0 Å². The average molecular weight is 353 g/mol. The van der Waals surface area contributed by atoms with Crippen molar-refractivity contribution in [3.8, 4) is 0 Å². The highest BCUT2D eigenvalue weighted by molar-refractivity contribution is 6.23. The molecule has 1 N–H and O–H groups in total. The van der Waals surface area contributed by atoms with Gasteiger partial charge in [0.15, 0.2) is 0 Å². The largest absolute Gasteiger partial charge is 0.416 e. The van der Waals surface area contributed by atoms with E-state index >= 15 is 0 Å². The Morgan fingerprint density at radius 2 is 2.00 bits per heavy atom. The Balaban J connectivity index is 1.74. The topological polar surface area (TPSA) is 66.8 Å². The van der Waals surface area contributed by atoms with Gasteiger partial charge in [-0.3, -0.25) is 9.59 Å². The Hall–Kier alpha value is -2.19. The molecule has 3 aliphatic heterocycles. The molecule has 3 heterocycles. The summed E-state index contributed by atoms with van der Waals surface area (Å²) >= 11 is 0. The lowest BCUT2D eigenvalue weighted by atomic mass is 9.73. The summed E-state index contributed by atoms with van der Waals surface area (Å²) in [4.78, 5) is 26.4. The minimum atomic E-state index is -4.57. The van der Waals surface area contributed by atoms with E-state index in [2.05, 4.69) is 0 Å².